The van der Waals surface area contributed by atoms with E-state index in [-0.39, 0.29) is 40.7 Å². The third kappa shape index (κ3) is 11.5. The Labute approximate surface area is 331 Å². The SMILES string of the molecule is CCCCCCCCCCCCn1c(O)c(C)c(/C=C(/c2c(C(CC(C)(C)C)N3CCCC3=O)c(O)n(CCCCCCCC)c2O)N2CCCC2=O)c1O. The molecule has 2 aliphatic rings. The molecule has 0 radical (unpaired) electrons. The highest BCUT2D eigenvalue weighted by Gasteiger charge is 2.41. The average molecular weight is 767 g/mol. The second kappa shape index (κ2) is 21.1. The molecule has 2 aromatic rings. The first-order valence-electron chi connectivity index (χ1n) is 21.9. The van der Waals surface area contributed by atoms with Crippen molar-refractivity contribution in [3.63, 3.8) is 0 Å². The van der Waals surface area contributed by atoms with Crippen molar-refractivity contribution in [1.29, 1.82) is 0 Å². The summed E-state index contributed by atoms with van der Waals surface area (Å²) in [6, 6.07) is -0.549. The van der Waals surface area contributed by atoms with Gasteiger partial charge in [0.2, 0.25) is 23.6 Å². The lowest BCUT2D eigenvalue weighted by Gasteiger charge is -2.34. The van der Waals surface area contributed by atoms with Gasteiger partial charge in [0.1, 0.15) is 0 Å². The van der Waals surface area contributed by atoms with Crippen LogP contribution < -0.4 is 0 Å². The molecule has 1 atom stereocenters. The van der Waals surface area contributed by atoms with Gasteiger partial charge in [0.05, 0.1) is 17.3 Å². The van der Waals surface area contributed by atoms with E-state index >= 15 is 0 Å². The van der Waals surface area contributed by atoms with Crippen LogP contribution >= 0.6 is 0 Å². The Morgan fingerprint density at radius 2 is 1.15 bits per heavy atom. The molecular formula is C45H74N4O6. The molecule has 4 heterocycles. The summed E-state index contributed by atoms with van der Waals surface area (Å²) in [4.78, 5) is 30.5. The lowest BCUT2D eigenvalue weighted by molar-refractivity contribution is -0.130. The second-order valence-electron chi connectivity index (χ2n) is 17.5. The number of aromatic hydroxyl groups is 4. The van der Waals surface area contributed by atoms with Crippen molar-refractivity contribution in [2.24, 2.45) is 5.41 Å². The first kappa shape index (κ1) is 44.2. The molecule has 4 N–H and O–H groups in total. The molecule has 10 nitrogen and oxygen atoms in total. The summed E-state index contributed by atoms with van der Waals surface area (Å²) < 4.78 is 3.10. The van der Waals surface area contributed by atoms with Crippen LogP contribution in [0.3, 0.4) is 0 Å². The molecule has 4 rings (SSSR count). The van der Waals surface area contributed by atoms with Gasteiger partial charge in [-0.25, -0.2) is 0 Å². The topological polar surface area (TPSA) is 131 Å². The first-order valence-corrected chi connectivity index (χ1v) is 21.9. The number of carbonyl (C=O) groups excluding carboxylic acids is 2. The standard InChI is InChI=1S/C45H74N4O6/c1-7-9-11-13-15-16-17-18-20-21-27-48-41(52)33(3)34(42(48)53)31-35(46-29-23-25-37(46)50)39-40(36(32-45(4,5)6)47-30-24-26-38(47)51)44(55)49(43(39)54)28-22-19-14-12-10-8-2/h31,36,52-55H,7-30,32H2,1-6H3/b35-31-. The van der Waals surface area contributed by atoms with Gasteiger partial charge in [-0.15, -0.1) is 0 Å². The van der Waals surface area contributed by atoms with Crippen molar-refractivity contribution in [2.45, 2.75) is 196 Å². The van der Waals surface area contributed by atoms with Crippen LogP contribution in [0.25, 0.3) is 11.8 Å². The largest absolute Gasteiger partial charge is 0.494 e. The number of hydrogen-bond acceptors (Lipinski definition) is 6. The van der Waals surface area contributed by atoms with E-state index in [1.165, 1.54) is 51.4 Å². The third-order valence-electron chi connectivity index (χ3n) is 11.7. The van der Waals surface area contributed by atoms with E-state index in [0.29, 0.717) is 86.2 Å². The number of rotatable bonds is 24. The highest BCUT2D eigenvalue weighted by Crippen LogP contribution is 2.50. The Bertz CT molecular complexity index is 1580. The van der Waals surface area contributed by atoms with Crippen LogP contribution in [0.1, 0.15) is 198 Å². The summed E-state index contributed by atoms with van der Waals surface area (Å²) in [7, 11) is 0. The maximum Gasteiger partial charge on any atom is 0.227 e. The van der Waals surface area contributed by atoms with Gasteiger partial charge in [0.15, 0.2) is 11.8 Å². The number of hydrogen-bond donors (Lipinski definition) is 4. The summed E-state index contributed by atoms with van der Waals surface area (Å²) in [5.74, 6) is -0.456. The van der Waals surface area contributed by atoms with E-state index in [4.69, 9.17) is 0 Å². The van der Waals surface area contributed by atoms with E-state index in [9.17, 15) is 30.0 Å². The molecule has 2 aliphatic heterocycles. The van der Waals surface area contributed by atoms with Gasteiger partial charge in [0.25, 0.3) is 0 Å². The highest BCUT2D eigenvalue weighted by atomic mass is 16.3. The zero-order valence-corrected chi connectivity index (χ0v) is 35.2. The van der Waals surface area contributed by atoms with E-state index in [1.807, 2.05) is 4.90 Å². The van der Waals surface area contributed by atoms with Crippen LogP contribution in [-0.2, 0) is 22.7 Å². The maximum absolute atomic E-state index is 13.6. The van der Waals surface area contributed by atoms with Crippen LogP contribution in [0.2, 0.25) is 0 Å². The van der Waals surface area contributed by atoms with Gasteiger partial charge in [-0.1, -0.05) is 125 Å². The van der Waals surface area contributed by atoms with Crippen LogP contribution in [0.5, 0.6) is 23.5 Å². The molecule has 55 heavy (non-hydrogen) atoms. The van der Waals surface area contributed by atoms with Crippen molar-refractivity contribution in [3.05, 3.63) is 22.3 Å². The minimum absolute atomic E-state index is 0.00741. The van der Waals surface area contributed by atoms with Crippen LogP contribution in [0, 0.1) is 12.3 Å². The van der Waals surface area contributed by atoms with Crippen molar-refractivity contribution in [2.75, 3.05) is 13.1 Å². The number of unbranched alkanes of at least 4 members (excludes halogenated alkanes) is 14. The van der Waals surface area contributed by atoms with Crippen molar-refractivity contribution in [3.8, 4) is 23.5 Å². The van der Waals surface area contributed by atoms with Gasteiger partial charge in [0, 0.05) is 55.7 Å². The predicted octanol–water partition coefficient (Wildman–Crippen LogP) is 10.9. The summed E-state index contributed by atoms with van der Waals surface area (Å²) in [5.41, 5.74) is 1.73. The molecule has 310 valence electrons. The van der Waals surface area contributed by atoms with Crippen LogP contribution in [0.4, 0.5) is 0 Å². The fraction of sp³-hybridized carbons (Fsp3) is 0.733. The van der Waals surface area contributed by atoms with Crippen molar-refractivity contribution in [1.82, 2.24) is 18.9 Å². The quantitative estimate of drug-likeness (QED) is 0.0787. The third-order valence-corrected chi connectivity index (χ3v) is 11.7. The van der Waals surface area contributed by atoms with E-state index in [1.54, 1.807) is 27.0 Å². The fourth-order valence-corrected chi connectivity index (χ4v) is 8.59. The molecule has 10 heteroatoms. The van der Waals surface area contributed by atoms with E-state index in [2.05, 4.69) is 34.6 Å². The lowest BCUT2D eigenvalue weighted by atomic mass is 9.83. The van der Waals surface area contributed by atoms with Crippen LogP contribution in [-0.4, -0.2) is 64.3 Å². The summed E-state index contributed by atoms with van der Waals surface area (Å²) >= 11 is 0. The molecule has 2 amide bonds. The minimum Gasteiger partial charge on any atom is -0.494 e. The average Bonchev–Trinajstić information content (AvgIpc) is 3.87. The van der Waals surface area contributed by atoms with E-state index in [0.717, 1.165) is 51.4 Å². The normalized spacial score (nSPS) is 16.0. The Morgan fingerprint density at radius 3 is 1.62 bits per heavy atom. The van der Waals surface area contributed by atoms with Gasteiger partial charge < -0.3 is 30.2 Å². The molecule has 0 saturated carbocycles. The Hall–Kier alpha value is -3.56. The zero-order valence-electron chi connectivity index (χ0n) is 35.2. The molecule has 2 fully saturated rings. The predicted molar refractivity (Wildman–Crippen MR) is 222 cm³/mol. The number of nitrogens with zero attached hydrogens (tertiary/aromatic N) is 4. The van der Waals surface area contributed by atoms with Crippen LogP contribution in [0.15, 0.2) is 0 Å². The molecule has 0 spiro atoms. The summed E-state index contributed by atoms with van der Waals surface area (Å²) in [6.07, 6.45) is 22.4. The lowest BCUT2D eigenvalue weighted by Crippen LogP contribution is -2.33. The Kier molecular flexibility index (Phi) is 16.9. The second-order valence-corrected chi connectivity index (χ2v) is 17.5. The monoisotopic (exact) mass is 767 g/mol. The van der Waals surface area contributed by atoms with Gasteiger partial charge in [-0.2, -0.15) is 0 Å². The number of carbonyl (C=O) groups is 2. The molecule has 0 bridgehead atoms. The van der Waals surface area contributed by atoms with Gasteiger partial charge in [-0.3, -0.25) is 18.7 Å². The number of amides is 2. The number of aromatic nitrogens is 2. The molecule has 1 unspecified atom stereocenters. The Morgan fingerprint density at radius 1 is 0.655 bits per heavy atom. The number of likely N-dealkylation sites (tertiary alicyclic amines) is 2. The smallest absolute Gasteiger partial charge is 0.227 e. The molecule has 0 aromatic carbocycles. The molecule has 0 aliphatic carbocycles. The zero-order chi connectivity index (χ0) is 40.1. The highest BCUT2D eigenvalue weighted by molar-refractivity contribution is 5.97. The molecule has 2 saturated heterocycles. The van der Waals surface area contributed by atoms with Gasteiger partial charge >= 0.3 is 0 Å². The van der Waals surface area contributed by atoms with Crippen molar-refractivity contribution >= 4 is 23.6 Å². The van der Waals surface area contributed by atoms with Crippen molar-refractivity contribution < 1.29 is 30.0 Å². The van der Waals surface area contributed by atoms with Gasteiger partial charge in [-0.05, 0) is 50.5 Å². The first-order chi connectivity index (χ1) is 26.3. The Balaban J connectivity index is 1.76. The molecule has 2 aromatic heterocycles. The fourth-order valence-electron chi connectivity index (χ4n) is 8.59. The minimum atomic E-state index is -0.549. The van der Waals surface area contributed by atoms with E-state index < -0.39 is 6.04 Å². The maximum atomic E-state index is 13.6. The molecular weight excluding hydrogens is 693 g/mol. The summed E-state index contributed by atoms with van der Waals surface area (Å²) in [5, 5.41) is 47.4. The summed E-state index contributed by atoms with van der Waals surface area (Å²) in [6.45, 7) is 14.3.